The number of pyridine rings is 1. The van der Waals surface area contributed by atoms with Gasteiger partial charge in [0.25, 0.3) is 0 Å². The molecule has 4 rings (SSSR count). The molecule has 1 saturated carbocycles. The highest BCUT2D eigenvalue weighted by Gasteiger charge is 2.44. The van der Waals surface area contributed by atoms with Gasteiger partial charge in [0.05, 0.1) is 16.1 Å². The zero-order valence-corrected chi connectivity index (χ0v) is 16.0. The number of imidazole rings is 1. The Morgan fingerprint density at radius 2 is 2.10 bits per heavy atom. The van der Waals surface area contributed by atoms with Crippen LogP contribution < -0.4 is 4.84 Å². The fourth-order valence-corrected chi connectivity index (χ4v) is 3.76. The normalized spacial score (nSPS) is 15.8. The summed E-state index contributed by atoms with van der Waals surface area (Å²) in [6.07, 6.45) is 4.34. The van der Waals surface area contributed by atoms with Gasteiger partial charge in [-0.15, -0.1) is 0 Å². The maximum Gasteiger partial charge on any atom is 0.350 e. The molecule has 1 fully saturated rings. The van der Waals surface area contributed by atoms with Crippen molar-refractivity contribution in [3.63, 3.8) is 0 Å². The Morgan fingerprint density at radius 1 is 1.34 bits per heavy atom. The number of hydrogen-bond donors (Lipinski definition) is 1. The summed E-state index contributed by atoms with van der Waals surface area (Å²) in [5, 5.41) is 19.3. The number of nitrogens with zero attached hydrogens (tertiary/aromatic N) is 4. The lowest BCUT2D eigenvalue weighted by molar-refractivity contribution is -0.170. The molecule has 0 spiro atoms. The van der Waals surface area contributed by atoms with Gasteiger partial charge in [-0.2, -0.15) is 9.99 Å². The van der Waals surface area contributed by atoms with Crippen LogP contribution in [0.4, 0.5) is 4.39 Å². The molecular formula is C20H16ClFN4O3. The Hall–Kier alpha value is -3.18. The second kappa shape index (κ2) is 7.33. The second-order valence-electron chi connectivity index (χ2n) is 6.96. The van der Waals surface area contributed by atoms with Crippen LogP contribution in [0.5, 0.6) is 0 Å². The maximum atomic E-state index is 14.9. The van der Waals surface area contributed by atoms with E-state index in [1.807, 2.05) is 0 Å². The number of aliphatic carboxylic acids is 1. The Bertz CT molecular complexity index is 1150. The molecule has 1 aliphatic rings. The molecule has 0 radical (unpaired) electrons. The van der Waals surface area contributed by atoms with Crippen molar-refractivity contribution in [1.29, 1.82) is 5.26 Å². The summed E-state index contributed by atoms with van der Waals surface area (Å²) in [6.45, 7) is 0. The second-order valence-corrected chi connectivity index (χ2v) is 7.39. The van der Waals surface area contributed by atoms with Crippen LogP contribution in [0.15, 0.2) is 30.5 Å². The Morgan fingerprint density at radius 3 is 2.79 bits per heavy atom. The first-order chi connectivity index (χ1) is 13.9. The Kier molecular flexibility index (Phi) is 4.84. The average Bonchev–Trinajstić information content (AvgIpc) is 3.06. The first kappa shape index (κ1) is 19.2. The quantitative estimate of drug-likeness (QED) is 0.693. The average molecular weight is 415 g/mol. The largest absolute Gasteiger partial charge is 0.478 e. The molecule has 0 amide bonds. The van der Waals surface area contributed by atoms with Crippen LogP contribution in [0.2, 0.25) is 5.02 Å². The number of halogens is 2. The summed E-state index contributed by atoms with van der Waals surface area (Å²) in [7, 11) is 0. The predicted octanol–water partition coefficient (Wildman–Crippen LogP) is 3.98. The van der Waals surface area contributed by atoms with Gasteiger partial charge in [-0.1, -0.05) is 24.1 Å². The summed E-state index contributed by atoms with van der Waals surface area (Å²) < 4.78 is 16.1. The summed E-state index contributed by atoms with van der Waals surface area (Å²) in [6, 6.07) is 7.65. The smallest absolute Gasteiger partial charge is 0.350 e. The summed E-state index contributed by atoms with van der Waals surface area (Å²) >= 11 is 6.07. The van der Waals surface area contributed by atoms with E-state index in [9.17, 15) is 14.3 Å². The van der Waals surface area contributed by atoms with Crippen LogP contribution in [0, 0.1) is 17.1 Å². The van der Waals surface area contributed by atoms with E-state index in [2.05, 4.69) is 9.97 Å². The molecule has 0 bridgehead atoms. The van der Waals surface area contributed by atoms with Gasteiger partial charge in [0.2, 0.25) is 5.60 Å². The minimum Gasteiger partial charge on any atom is -0.478 e. The van der Waals surface area contributed by atoms with Crippen LogP contribution >= 0.6 is 11.6 Å². The molecule has 9 heteroatoms. The molecule has 0 atom stereocenters. The topological polar surface area (TPSA) is 101 Å². The SMILES string of the molecule is N#Cc1cccc(-c2nc3ncc(Cl)cc3n2OC2(C(=O)O)CCCCC2)c1F. The number of aromatic nitrogens is 3. The van der Waals surface area contributed by atoms with Gasteiger partial charge in [-0.25, -0.2) is 19.2 Å². The molecule has 0 aliphatic heterocycles. The van der Waals surface area contributed by atoms with Crippen LogP contribution in [0.3, 0.4) is 0 Å². The van der Waals surface area contributed by atoms with Crippen molar-refractivity contribution in [3.05, 3.63) is 46.9 Å². The van der Waals surface area contributed by atoms with Gasteiger partial charge in [0, 0.05) is 19.0 Å². The molecule has 1 N–H and O–H groups in total. The zero-order valence-electron chi connectivity index (χ0n) is 15.2. The highest BCUT2D eigenvalue weighted by atomic mass is 35.5. The van der Waals surface area contributed by atoms with E-state index < -0.39 is 17.4 Å². The lowest BCUT2D eigenvalue weighted by Gasteiger charge is -2.33. The molecular weight excluding hydrogens is 399 g/mol. The molecule has 1 aromatic carbocycles. The fourth-order valence-electron chi connectivity index (χ4n) is 3.61. The number of hydrogen-bond acceptors (Lipinski definition) is 5. The van der Waals surface area contributed by atoms with Crippen molar-refractivity contribution in [1.82, 2.24) is 14.7 Å². The van der Waals surface area contributed by atoms with Gasteiger partial charge in [0.1, 0.15) is 11.6 Å². The van der Waals surface area contributed by atoms with E-state index in [0.717, 1.165) is 6.42 Å². The van der Waals surface area contributed by atoms with Crippen LogP contribution in [-0.4, -0.2) is 31.4 Å². The lowest BCUT2D eigenvalue weighted by atomic mass is 9.85. The van der Waals surface area contributed by atoms with Gasteiger partial charge in [-0.3, -0.25) is 0 Å². The van der Waals surface area contributed by atoms with Crippen molar-refractivity contribution in [2.45, 2.75) is 37.7 Å². The first-order valence-corrected chi connectivity index (χ1v) is 9.49. The van der Waals surface area contributed by atoms with Crippen molar-refractivity contribution < 1.29 is 19.1 Å². The number of carbonyl (C=O) groups is 1. The van der Waals surface area contributed by atoms with E-state index in [0.29, 0.717) is 36.2 Å². The van der Waals surface area contributed by atoms with Crippen LogP contribution in [-0.2, 0) is 4.79 Å². The van der Waals surface area contributed by atoms with Crippen LogP contribution in [0.25, 0.3) is 22.6 Å². The van der Waals surface area contributed by atoms with Gasteiger partial charge >= 0.3 is 5.97 Å². The molecule has 0 unspecified atom stereocenters. The zero-order chi connectivity index (χ0) is 20.6. The number of rotatable bonds is 4. The lowest BCUT2D eigenvalue weighted by Crippen LogP contribution is -2.49. The maximum absolute atomic E-state index is 14.9. The molecule has 7 nitrogen and oxygen atoms in total. The van der Waals surface area contributed by atoms with Crippen LogP contribution in [0.1, 0.15) is 37.7 Å². The Balaban J connectivity index is 1.95. The molecule has 148 valence electrons. The first-order valence-electron chi connectivity index (χ1n) is 9.11. The molecule has 29 heavy (non-hydrogen) atoms. The van der Waals surface area contributed by atoms with E-state index in [1.54, 1.807) is 6.07 Å². The number of carboxylic acids is 1. The number of benzene rings is 1. The van der Waals surface area contributed by atoms with E-state index in [-0.39, 0.29) is 22.6 Å². The third-order valence-corrected chi connectivity index (χ3v) is 5.32. The standard InChI is InChI=1S/C20H16ClFN4O3/c21-13-9-15-17(24-11-13)25-18(14-6-4-5-12(10-23)16(14)22)26(15)29-20(19(27)28)7-2-1-3-8-20/h4-6,9,11H,1-3,7-8H2,(H,27,28). The number of nitriles is 1. The molecule has 1 aliphatic carbocycles. The minimum absolute atomic E-state index is 0.00882. The predicted molar refractivity (Wildman–Crippen MR) is 103 cm³/mol. The molecule has 0 saturated heterocycles. The number of fused-ring (bicyclic) bond motifs is 1. The fraction of sp³-hybridized carbons (Fsp3) is 0.300. The summed E-state index contributed by atoms with van der Waals surface area (Å²) in [5.74, 6) is -1.84. The summed E-state index contributed by atoms with van der Waals surface area (Å²) in [5.41, 5.74) is -1.07. The third-order valence-electron chi connectivity index (χ3n) is 5.11. The van der Waals surface area contributed by atoms with Gasteiger partial charge in [0.15, 0.2) is 17.3 Å². The van der Waals surface area contributed by atoms with Crippen molar-refractivity contribution >= 4 is 28.7 Å². The highest BCUT2D eigenvalue weighted by molar-refractivity contribution is 6.31. The van der Waals surface area contributed by atoms with Crippen molar-refractivity contribution in [2.24, 2.45) is 0 Å². The van der Waals surface area contributed by atoms with E-state index in [1.165, 1.54) is 35.2 Å². The monoisotopic (exact) mass is 414 g/mol. The van der Waals surface area contributed by atoms with Crippen molar-refractivity contribution in [2.75, 3.05) is 0 Å². The third kappa shape index (κ3) is 3.28. The van der Waals surface area contributed by atoms with Gasteiger partial charge < -0.3 is 9.94 Å². The Labute approximate surface area is 170 Å². The number of carboxylic acid groups (broad SMARTS) is 1. The minimum atomic E-state index is -1.47. The van der Waals surface area contributed by atoms with Gasteiger partial charge in [-0.05, 0) is 31.0 Å². The van der Waals surface area contributed by atoms with Crippen molar-refractivity contribution in [3.8, 4) is 17.5 Å². The highest BCUT2D eigenvalue weighted by Crippen LogP contribution is 2.34. The molecule has 3 aromatic rings. The van der Waals surface area contributed by atoms with E-state index >= 15 is 0 Å². The molecule has 2 aromatic heterocycles. The summed E-state index contributed by atoms with van der Waals surface area (Å²) in [4.78, 5) is 26.6. The molecule has 2 heterocycles. The van der Waals surface area contributed by atoms with E-state index in [4.69, 9.17) is 21.7 Å².